The van der Waals surface area contributed by atoms with Gasteiger partial charge in [-0.25, -0.2) is 9.78 Å². The molecule has 1 aromatic heterocycles. The predicted molar refractivity (Wildman–Crippen MR) is 63.0 cm³/mol. The Morgan fingerprint density at radius 2 is 2.12 bits per heavy atom. The van der Waals surface area contributed by atoms with Gasteiger partial charge in [0.1, 0.15) is 0 Å². The fourth-order valence-corrected chi connectivity index (χ4v) is 0.986. The summed E-state index contributed by atoms with van der Waals surface area (Å²) >= 11 is 0. The molecule has 0 aliphatic heterocycles. The van der Waals surface area contributed by atoms with E-state index in [9.17, 15) is 4.79 Å². The molecule has 0 unspecified atom stereocenters. The number of nitrogens with one attached hydrogen (secondary N) is 2. The van der Waals surface area contributed by atoms with E-state index in [0.29, 0.717) is 11.3 Å². The predicted octanol–water partition coefficient (Wildman–Crippen LogP) is 1.46. The molecule has 86 valence electrons. The summed E-state index contributed by atoms with van der Waals surface area (Å²) < 4.78 is 0. The third kappa shape index (κ3) is 4.99. The zero-order valence-corrected chi connectivity index (χ0v) is 8.92. The number of H-pyrrole nitrogens is 1. The lowest BCUT2D eigenvalue weighted by atomic mass is 10.2. The Morgan fingerprint density at radius 1 is 1.41 bits per heavy atom. The lowest BCUT2D eigenvalue weighted by Crippen LogP contribution is -2.19. The molecule has 2 rings (SSSR count). The van der Waals surface area contributed by atoms with Crippen molar-refractivity contribution in [1.82, 2.24) is 9.97 Å². The molecule has 4 N–H and O–H groups in total. The molecule has 0 saturated heterocycles. The zero-order valence-electron chi connectivity index (χ0n) is 8.92. The second-order valence-electron chi connectivity index (χ2n) is 2.94. The van der Waals surface area contributed by atoms with Crippen LogP contribution in [0.5, 0.6) is 0 Å². The molecule has 0 aliphatic carbocycles. The van der Waals surface area contributed by atoms with Gasteiger partial charge in [-0.15, -0.1) is 0 Å². The number of hydrogen-bond acceptors (Lipinski definition) is 3. The Labute approximate surface area is 98.1 Å². The SMILES string of the molecule is N#Cc1ccc(NC(N)=O)cc1.c1c[nH]cn1. The Morgan fingerprint density at radius 3 is 2.47 bits per heavy atom. The number of primary amides is 1. The van der Waals surface area contributed by atoms with Crippen LogP contribution in [0.4, 0.5) is 10.5 Å². The number of aromatic nitrogens is 2. The van der Waals surface area contributed by atoms with Gasteiger partial charge in [-0.2, -0.15) is 5.26 Å². The number of carbonyl (C=O) groups is 1. The fraction of sp³-hybridized carbons (Fsp3) is 0. The van der Waals surface area contributed by atoms with Crippen molar-refractivity contribution < 1.29 is 4.79 Å². The van der Waals surface area contributed by atoms with Gasteiger partial charge in [-0.3, -0.25) is 0 Å². The largest absolute Gasteiger partial charge is 0.351 e. The maximum atomic E-state index is 10.4. The van der Waals surface area contributed by atoms with Crippen molar-refractivity contribution in [2.45, 2.75) is 0 Å². The molecule has 0 saturated carbocycles. The standard InChI is InChI=1S/C8H7N3O.C3H4N2/c9-5-6-1-3-7(4-2-6)11-8(10)12;1-2-5-3-4-1/h1-4H,(H3,10,11,12);1-3H,(H,4,5). The van der Waals surface area contributed by atoms with Crippen molar-refractivity contribution >= 4 is 11.7 Å². The van der Waals surface area contributed by atoms with Gasteiger partial charge in [0, 0.05) is 18.1 Å². The van der Waals surface area contributed by atoms with E-state index >= 15 is 0 Å². The third-order valence-electron chi connectivity index (χ3n) is 1.69. The molecule has 2 amide bonds. The third-order valence-corrected chi connectivity index (χ3v) is 1.69. The lowest BCUT2D eigenvalue weighted by Gasteiger charge is -1.99. The first-order valence-corrected chi connectivity index (χ1v) is 4.71. The van der Waals surface area contributed by atoms with Crippen LogP contribution >= 0.6 is 0 Å². The summed E-state index contributed by atoms with van der Waals surface area (Å²) in [7, 11) is 0. The molecule has 0 aliphatic rings. The molecule has 0 atom stereocenters. The maximum absolute atomic E-state index is 10.4. The fourth-order valence-electron chi connectivity index (χ4n) is 0.986. The molecule has 1 aromatic carbocycles. The summed E-state index contributed by atoms with van der Waals surface area (Å²) in [6.45, 7) is 0. The molecule has 2 aromatic rings. The molecule has 0 spiro atoms. The van der Waals surface area contributed by atoms with Crippen LogP contribution < -0.4 is 11.1 Å². The van der Waals surface area contributed by atoms with Crippen LogP contribution in [0, 0.1) is 11.3 Å². The summed E-state index contributed by atoms with van der Waals surface area (Å²) in [6.07, 6.45) is 5.08. The summed E-state index contributed by atoms with van der Waals surface area (Å²) in [4.78, 5) is 16.8. The molecule has 6 heteroatoms. The van der Waals surface area contributed by atoms with Gasteiger partial charge >= 0.3 is 6.03 Å². The second-order valence-corrected chi connectivity index (χ2v) is 2.94. The molecular weight excluding hydrogens is 218 g/mol. The van der Waals surface area contributed by atoms with Crippen LogP contribution in [0.15, 0.2) is 43.0 Å². The van der Waals surface area contributed by atoms with E-state index < -0.39 is 6.03 Å². The number of urea groups is 1. The molecule has 17 heavy (non-hydrogen) atoms. The van der Waals surface area contributed by atoms with Crippen LogP contribution in [0.25, 0.3) is 0 Å². The van der Waals surface area contributed by atoms with Gasteiger partial charge < -0.3 is 16.0 Å². The van der Waals surface area contributed by atoms with Gasteiger partial charge in [0.15, 0.2) is 0 Å². The molecule has 6 nitrogen and oxygen atoms in total. The number of nitriles is 1. The van der Waals surface area contributed by atoms with E-state index in [2.05, 4.69) is 15.3 Å². The average molecular weight is 229 g/mol. The zero-order chi connectivity index (χ0) is 12.5. The van der Waals surface area contributed by atoms with Crippen LogP contribution in [0.2, 0.25) is 0 Å². The monoisotopic (exact) mass is 229 g/mol. The van der Waals surface area contributed by atoms with Crippen molar-refractivity contribution in [2.75, 3.05) is 5.32 Å². The Kier molecular flexibility index (Phi) is 4.78. The smallest absolute Gasteiger partial charge is 0.316 e. The summed E-state index contributed by atoms with van der Waals surface area (Å²) in [5.41, 5.74) is 6.01. The van der Waals surface area contributed by atoms with Crippen LogP contribution in [0.1, 0.15) is 5.56 Å². The normalized spacial score (nSPS) is 8.41. The number of carbonyl (C=O) groups excluding carboxylic acids is 1. The topological polar surface area (TPSA) is 108 Å². The van der Waals surface area contributed by atoms with E-state index in [0.717, 1.165) is 0 Å². The highest BCUT2D eigenvalue weighted by Crippen LogP contribution is 2.07. The highest BCUT2D eigenvalue weighted by Gasteiger charge is 1.94. The van der Waals surface area contributed by atoms with Crippen molar-refractivity contribution in [3.63, 3.8) is 0 Å². The van der Waals surface area contributed by atoms with Crippen LogP contribution in [-0.2, 0) is 0 Å². The number of amides is 2. The first-order valence-electron chi connectivity index (χ1n) is 4.71. The Hall–Kier alpha value is -2.81. The Bertz CT molecular complexity index is 466. The summed E-state index contributed by atoms with van der Waals surface area (Å²) in [5.74, 6) is 0. The number of aromatic amines is 1. The van der Waals surface area contributed by atoms with Crippen LogP contribution in [0.3, 0.4) is 0 Å². The van der Waals surface area contributed by atoms with Gasteiger partial charge in [0.05, 0.1) is 18.0 Å². The van der Waals surface area contributed by atoms with Crippen LogP contribution in [-0.4, -0.2) is 16.0 Å². The summed E-state index contributed by atoms with van der Waals surface area (Å²) in [6, 6.07) is 7.79. The molecule has 0 bridgehead atoms. The maximum Gasteiger partial charge on any atom is 0.316 e. The quantitative estimate of drug-likeness (QED) is 0.688. The minimum Gasteiger partial charge on any atom is -0.351 e. The van der Waals surface area contributed by atoms with Crippen molar-refractivity contribution in [2.24, 2.45) is 5.73 Å². The van der Waals surface area contributed by atoms with Crippen molar-refractivity contribution in [3.05, 3.63) is 48.5 Å². The van der Waals surface area contributed by atoms with Crippen molar-refractivity contribution in [1.29, 1.82) is 5.26 Å². The van der Waals surface area contributed by atoms with E-state index in [-0.39, 0.29) is 0 Å². The number of anilines is 1. The minimum atomic E-state index is -0.611. The lowest BCUT2D eigenvalue weighted by molar-refractivity contribution is 0.259. The second kappa shape index (κ2) is 6.63. The molecule has 0 fully saturated rings. The number of hydrogen-bond donors (Lipinski definition) is 3. The average Bonchev–Trinajstić information content (AvgIpc) is 2.88. The number of nitrogens with two attached hydrogens (primary N) is 1. The molecule has 1 heterocycles. The van der Waals surface area contributed by atoms with E-state index in [1.54, 1.807) is 43.0 Å². The number of rotatable bonds is 1. The first-order chi connectivity index (χ1) is 8.22. The highest BCUT2D eigenvalue weighted by atomic mass is 16.2. The molecular formula is C11H11N5O. The number of nitrogens with zero attached hydrogens (tertiary/aromatic N) is 2. The van der Waals surface area contributed by atoms with Gasteiger partial charge in [0.25, 0.3) is 0 Å². The van der Waals surface area contributed by atoms with E-state index in [1.165, 1.54) is 0 Å². The van der Waals surface area contributed by atoms with Gasteiger partial charge in [0.2, 0.25) is 0 Å². The Balaban J connectivity index is 0.000000239. The van der Waals surface area contributed by atoms with Gasteiger partial charge in [-0.05, 0) is 24.3 Å². The highest BCUT2D eigenvalue weighted by molar-refractivity contribution is 5.87. The number of benzene rings is 1. The van der Waals surface area contributed by atoms with Crippen molar-refractivity contribution in [3.8, 4) is 6.07 Å². The van der Waals surface area contributed by atoms with E-state index in [1.807, 2.05) is 6.07 Å². The molecule has 0 radical (unpaired) electrons. The number of imidazole rings is 1. The van der Waals surface area contributed by atoms with Gasteiger partial charge in [-0.1, -0.05) is 0 Å². The minimum absolute atomic E-state index is 0.546. The summed E-state index contributed by atoms with van der Waals surface area (Å²) in [5, 5.41) is 10.8. The van der Waals surface area contributed by atoms with E-state index in [4.69, 9.17) is 11.0 Å². The first kappa shape index (κ1) is 12.3.